The summed E-state index contributed by atoms with van der Waals surface area (Å²) in [6.07, 6.45) is 2.75. The van der Waals surface area contributed by atoms with Crippen molar-refractivity contribution in [2.24, 2.45) is 0 Å². The fourth-order valence-corrected chi connectivity index (χ4v) is 4.04. The number of benzene rings is 1. The van der Waals surface area contributed by atoms with Crippen LogP contribution in [0.4, 0.5) is 0 Å². The summed E-state index contributed by atoms with van der Waals surface area (Å²) in [5.41, 5.74) is 0. The first-order chi connectivity index (χ1) is 8.51. The van der Waals surface area contributed by atoms with Crippen molar-refractivity contribution in [1.29, 1.82) is 0 Å². The van der Waals surface area contributed by atoms with Gasteiger partial charge in [0.25, 0.3) is 0 Å². The topological polar surface area (TPSA) is 77.5 Å². The second-order valence-corrected chi connectivity index (χ2v) is 7.05. The molecular formula is C11H14NNaO4S2. The number of piperidine rings is 1. The fourth-order valence-electron chi connectivity index (χ4n) is 1.99. The quantitative estimate of drug-likeness (QED) is 0.483. The smallest absolute Gasteiger partial charge is 0.768 e. The predicted molar refractivity (Wildman–Crippen MR) is 66.2 cm³/mol. The molecule has 8 heteroatoms. The van der Waals surface area contributed by atoms with E-state index in [1.807, 2.05) is 0 Å². The van der Waals surface area contributed by atoms with Gasteiger partial charge in [-0.1, -0.05) is 12.5 Å². The third-order valence-corrected chi connectivity index (χ3v) is 5.48. The van der Waals surface area contributed by atoms with Gasteiger partial charge in [-0.05, 0) is 42.1 Å². The second-order valence-electron chi connectivity index (χ2n) is 4.17. The molecule has 0 saturated carbocycles. The van der Waals surface area contributed by atoms with Crippen molar-refractivity contribution in [2.75, 3.05) is 13.1 Å². The largest absolute Gasteiger partial charge is 1.00 e. The third-order valence-electron chi connectivity index (χ3n) is 2.95. The fraction of sp³-hybridized carbons (Fsp3) is 0.455. The summed E-state index contributed by atoms with van der Waals surface area (Å²) in [5, 5.41) is 0. The molecule has 100 valence electrons. The minimum atomic E-state index is -3.56. The Balaban J connectivity index is 0.00000180. The van der Waals surface area contributed by atoms with Crippen LogP contribution in [-0.2, 0) is 21.1 Å². The van der Waals surface area contributed by atoms with E-state index in [0.717, 1.165) is 19.3 Å². The molecule has 1 unspecified atom stereocenters. The Morgan fingerprint density at radius 1 is 1.16 bits per heavy atom. The Labute approximate surface area is 138 Å². The number of sulfonamides is 1. The van der Waals surface area contributed by atoms with E-state index in [4.69, 9.17) is 0 Å². The Bertz CT molecular complexity index is 556. The Hall–Kier alpha value is 0.240. The minimum Gasteiger partial charge on any atom is -0.768 e. The van der Waals surface area contributed by atoms with Crippen molar-refractivity contribution in [3.63, 3.8) is 0 Å². The van der Waals surface area contributed by atoms with E-state index in [0.29, 0.717) is 13.1 Å². The molecule has 0 amide bonds. The van der Waals surface area contributed by atoms with Crippen LogP contribution in [0.15, 0.2) is 34.1 Å². The maximum absolute atomic E-state index is 12.3. The summed E-state index contributed by atoms with van der Waals surface area (Å²) in [4.78, 5) is 0.0409. The van der Waals surface area contributed by atoms with Gasteiger partial charge in [-0.2, -0.15) is 4.31 Å². The van der Waals surface area contributed by atoms with E-state index >= 15 is 0 Å². The van der Waals surface area contributed by atoms with E-state index in [1.165, 1.54) is 28.6 Å². The van der Waals surface area contributed by atoms with Gasteiger partial charge < -0.3 is 4.55 Å². The van der Waals surface area contributed by atoms with Crippen molar-refractivity contribution in [3.05, 3.63) is 24.3 Å². The van der Waals surface area contributed by atoms with E-state index in [-0.39, 0.29) is 39.3 Å². The molecule has 0 N–H and O–H groups in total. The standard InChI is InChI=1S/C11H15NO4S2.Na/c13-17(14)10-5-4-6-11(9-10)18(15,16)12-7-2-1-3-8-12;/h4-6,9H,1-3,7-8H2,(H,13,14);/q;+1/p-1. The van der Waals surface area contributed by atoms with Crippen molar-refractivity contribution < 1.29 is 46.7 Å². The Kier molecular flexibility index (Phi) is 6.65. The predicted octanol–water partition coefficient (Wildman–Crippen LogP) is -1.90. The van der Waals surface area contributed by atoms with Gasteiger partial charge in [-0.25, -0.2) is 8.42 Å². The first-order valence-corrected chi connectivity index (χ1v) is 8.23. The number of hydrogen-bond acceptors (Lipinski definition) is 4. The van der Waals surface area contributed by atoms with Gasteiger partial charge in [0, 0.05) is 18.0 Å². The van der Waals surface area contributed by atoms with Crippen molar-refractivity contribution in [2.45, 2.75) is 29.1 Å². The van der Waals surface area contributed by atoms with E-state index in [9.17, 15) is 17.2 Å². The summed E-state index contributed by atoms with van der Waals surface area (Å²) in [7, 11) is -3.56. The van der Waals surface area contributed by atoms with E-state index < -0.39 is 21.1 Å². The van der Waals surface area contributed by atoms with Crippen LogP contribution in [-0.4, -0.2) is 34.6 Å². The van der Waals surface area contributed by atoms with Crippen LogP contribution >= 0.6 is 0 Å². The first-order valence-electron chi connectivity index (χ1n) is 5.71. The average molecular weight is 311 g/mol. The summed E-state index contributed by atoms with van der Waals surface area (Å²) >= 11 is -2.41. The van der Waals surface area contributed by atoms with Gasteiger partial charge in [-0.3, -0.25) is 4.21 Å². The van der Waals surface area contributed by atoms with Crippen molar-refractivity contribution in [1.82, 2.24) is 4.31 Å². The summed E-state index contributed by atoms with van der Waals surface area (Å²) in [5.74, 6) is 0. The second kappa shape index (κ2) is 7.31. The molecule has 1 aromatic rings. The molecule has 1 fully saturated rings. The number of rotatable bonds is 3. The van der Waals surface area contributed by atoms with Crippen LogP contribution in [0.3, 0.4) is 0 Å². The Morgan fingerprint density at radius 3 is 2.37 bits per heavy atom. The molecule has 0 radical (unpaired) electrons. The maximum Gasteiger partial charge on any atom is 1.00 e. The zero-order chi connectivity index (χ0) is 13.2. The molecule has 2 rings (SSSR count). The van der Waals surface area contributed by atoms with Crippen LogP contribution in [0.1, 0.15) is 19.3 Å². The zero-order valence-corrected chi connectivity index (χ0v) is 14.4. The van der Waals surface area contributed by atoms with Crippen molar-refractivity contribution in [3.8, 4) is 0 Å². The maximum atomic E-state index is 12.3. The van der Waals surface area contributed by atoms with Gasteiger partial charge in [0.05, 0.1) is 4.90 Å². The number of nitrogens with zero attached hydrogens (tertiary/aromatic N) is 1. The molecule has 1 aromatic carbocycles. The molecule has 0 aromatic heterocycles. The summed E-state index contributed by atoms with van der Waals surface area (Å²) in [6.45, 7) is 1.01. The molecule has 1 aliphatic heterocycles. The van der Waals surface area contributed by atoms with Crippen LogP contribution in [0, 0.1) is 0 Å². The molecular weight excluding hydrogens is 297 g/mol. The Morgan fingerprint density at radius 2 is 1.79 bits per heavy atom. The third kappa shape index (κ3) is 4.10. The molecule has 5 nitrogen and oxygen atoms in total. The molecule has 0 aliphatic carbocycles. The first kappa shape index (κ1) is 17.3. The minimum absolute atomic E-state index is 0. The SMILES string of the molecule is O=S([O-])c1cccc(S(=O)(=O)N2CCCCC2)c1.[Na+]. The molecule has 19 heavy (non-hydrogen) atoms. The molecule has 1 heterocycles. The van der Waals surface area contributed by atoms with Gasteiger partial charge in [0.2, 0.25) is 10.0 Å². The van der Waals surface area contributed by atoms with Gasteiger partial charge in [0.1, 0.15) is 0 Å². The normalized spacial score (nSPS) is 18.6. The monoisotopic (exact) mass is 311 g/mol. The molecule has 0 bridgehead atoms. The van der Waals surface area contributed by atoms with E-state index in [1.54, 1.807) is 0 Å². The van der Waals surface area contributed by atoms with Crippen molar-refractivity contribution >= 4 is 21.1 Å². The molecule has 1 atom stereocenters. The molecule has 1 aliphatic rings. The van der Waals surface area contributed by atoms with E-state index in [2.05, 4.69) is 0 Å². The number of hydrogen-bond donors (Lipinski definition) is 0. The zero-order valence-electron chi connectivity index (χ0n) is 10.7. The molecule has 1 saturated heterocycles. The van der Waals surface area contributed by atoms with Crippen LogP contribution < -0.4 is 29.6 Å². The summed E-state index contributed by atoms with van der Waals surface area (Å²) < 4.78 is 47.7. The van der Waals surface area contributed by atoms with Crippen LogP contribution in [0.2, 0.25) is 0 Å². The van der Waals surface area contributed by atoms with Crippen LogP contribution in [0.5, 0.6) is 0 Å². The summed E-state index contributed by atoms with van der Waals surface area (Å²) in [6, 6.07) is 5.45. The van der Waals surface area contributed by atoms with Gasteiger partial charge in [0.15, 0.2) is 0 Å². The molecule has 0 spiro atoms. The van der Waals surface area contributed by atoms with Crippen LogP contribution in [0.25, 0.3) is 0 Å². The average Bonchev–Trinajstić information content (AvgIpc) is 2.40. The van der Waals surface area contributed by atoms with Gasteiger partial charge in [-0.15, -0.1) is 0 Å². The van der Waals surface area contributed by atoms with Gasteiger partial charge >= 0.3 is 29.6 Å².